The maximum Gasteiger partial charge on any atom is 0.253 e. The summed E-state index contributed by atoms with van der Waals surface area (Å²) in [7, 11) is 0. The average molecular weight is 251 g/mol. The third kappa shape index (κ3) is 4.68. The van der Waals surface area contributed by atoms with E-state index in [9.17, 15) is 4.79 Å². The first-order valence-corrected chi connectivity index (χ1v) is 5.90. The quantitative estimate of drug-likeness (QED) is 0.793. The highest BCUT2D eigenvalue weighted by Crippen LogP contribution is 2.04. The van der Waals surface area contributed by atoms with Gasteiger partial charge in [0, 0.05) is 26.2 Å². The number of nitrogens with zero attached hydrogens (tertiary/aromatic N) is 1. The Morgan fingerprint density at radius 3 is 2.44 bits per heavy atom. The number of carbonyl (C=O) groups is 1. The summed E-state index contributed by atoms with van der Waals surface area (Å²) in [4.78, 5) is 14.0. The van der Waals surface area contributed by atoms with Gasteiger partial charge in [0.25, 0.3) is 5.91 Å². The predicted octanol–water partition coefficient (Wildman–Crippen LogP) is 1.05. The Bertz CT molecular complexity index is 190. The van der Waals surface area contributed by atoms with Gasteiger partial charge in [-0.25, -0.2) is 0 Å². The fourth-order valence-corrected chi connectivity index (χ4v) is 1.80. The zero-order valence-corrected chi connectivity index (χ0v) is 11.0. The van der Waals surface area contributed by atoms with Crippen molar-refractivity contribution in [3.8, 4) is 0 Å². The molecule has 4 nitrogen and oxygen atoms in total. The SMILES string of the molecule is CCCN(CCC)C(=O)C1CNCCO1.Cl. The minimum Gasteiger partial charge on any atom is -0.366 e. The van der Waals surface area contributed by atoms with Crippen LogP contribution < -0.4 is 5.32 Å². The Kier molecular flexibility index (Phi) is 8.61. The van der Waals surface area contributed by atoms with Gasteiger partial charge in [-0.3, -0.25) is 4.79 Å². The number of ether oxygens (including phenoxy) is 1. The number of amides is 1. The van der Waals surface area contributed by atoms with Gasteiger partial charge in [-0.15, -0.1) is 12.4 Å². The molecule has 1 amide bonds. The van der Waals surface area contributed by atoms with Gasteiger partial charge in [0.05, 0.1) is 6.61 Å². The zero-order chi connectivity index (χ0) is 11.1. The summed E-state index contributed by atoms with van der Waals surface area (Å²) in [5.74, 6) is 0.144. The lowest BCUT2D eigenvalue weighted by molar-refractivity contribution is -0.145. The number of carbonyl (C=O) groups excluding carboxylic acids is 1. The lowest BCUT2D eigenvalue weighted by Gasteiger charge is -2.29. The summed E-state index contributed by atoms with van der Waals surface area (Å²) in [6.45, 7) is 8.02. The van der Waals surface area contributed by atoms with Crippen LogP contribution in [0.4, 0.5) is 0 Å². The van der Waals surface area contributed by atoms with Gasteiger partial charge in [-0.1, -0.05) is 13.8 Å². The molecule has 0 spiro atoms. The Morgan fingerprint density at radius 2 is 2.00 bits per heavy atom. The molecule has 0 aliphatic carbocycles. The molecule has 0 bridgehead atoms. The van der Waals surface area contributed by atoms with Crippen molar-refractivity contribution in [3.05, 3.63) is 0 Å². The van der Waals surface area contributed by atoms with Crippen LogP contribution >= 0.6 is 12.4 Å². The normalized spacial score (nSPS) is 20.0. The second-order valence-electron chi connectivity index (χ2n) is 3.89. The van der Waals surface area contributed by atoms with Crippen LogP contribution in [-0.2, 0) is 9.53 Å². The van der Waals surface area contributed by atoms with Crippen molar-refractivity contribution in [2.45, 2.75) is 32.8 Å². The van der Waals surface area contributed by atoms with Crippen LogP contribution in [0.2, 0.25) is 0 Å². The van der Waals surface area contributed by atoms with Crippen molar-refractivity contribution in [2.75, 3.05) is 32.8 Å². The molecule has 5 heteroatoms. The molecule has 0 saturated carbocycles. The van der Waals surface area contributed by atoms with Crippen LogP contribution in [0.1, 0.15) is 26.7 Å². The van der Waals surface area contributed by atoms with Crippen LogP contribution in [0.5, 0.6) is 0 Å². The van der Waals surface area contributed by atoms with Crippen LogP contribution in [0, 0.1) is 0 Å². The molecule has 1 fully saturated rings. The number of hydrogen-bond acceptors (Lipinski definition) is 3. The zero-order valence-electron chi connectivity index (χ0n) is 10.2. The Labute approximate surface area is 104 Å². The van der Waals surface area contributed by atoms with E-state index in [2.05, 4.69) is 19.2 Å². The van der Waals surface area contributed by atoms with Crippen molar-refractivity contribution in [1.82, 2.24) is 10.2 Å². The van der Waals surface area contributed by atoms with E-state index in [1.165, 1.54) is 0 Å². The third-order valence-electron chi connectivity index (χ3n) is 2.50. The summed E-state index contributed by atoms with van der Waals surface area (Å²) in [6, 6.07) is 0. The van der Waals surface area contributed by atoms with Crippen molar-refractivity contribution in [2.24, 2.45) is 0 Å². The highest BCUT2D eigenvalue weighted by molar-refractivity contribution is 5.85. The third-order valence-corrected chi connectivity index (χ3v) is 2.50. The van der Waals surface area contributed by atoms with E-state index in [0.717, 1.165) is 32.5 Å². The Morgan fingerprint density at radius 1 is 1.38 bits per heavy atom. The van der Waals surface area contributed by atoms with E-state index in [1.54, 1.807) is 0 Å². The van der Waals surface area contributed by atoms with Crippen molar-refractivity contribution >= 4 is 18.3 Å². The van der Waals surface area contributed by atoms with Crippen LogP contribution in [0.15, 0.2) is 0 Å². The van der Waals surface area contributed by atoms with E-state index >= 15 is 0 Å². The summed E-state index contributed by atoms with van der Waals surface area (Å²) in [5, 5.41) is 3.18. The summed E-state index contributed by atoms with van der Waals surface area (Å²) >= 11 is 0. The molecule has 0 aromatic heterocycles. The van der Waals surface area contributed by atoms with E-state index in [1.807, 2.05) is 4.90 Å². The van der Waals surface area contributed by atoms with Gasteiger partial charge in [-0.2, -0.15) is 0 Å². The van der Waals surface area contributed by atoms with Gasteiger partial charge < -0.3 is 15.0 Å². The molecule has 1 atom stereocenters. The topological polar surface area (TPSA) is 41.6 Å². The Hall–Kier alpha value is -0.320. The first-order chi connectivity index (χ1) is 7.29. The van der Waals surface area contributed by atoms with Gasteiger partial charge in [-0.05, 0) is 12.8 Å². The molecular weight excluding hydrogens is 228 g/mol. The Balaban J connectivity index is 0.00000225. The molecule has 96 valence electrons. The van der Waals surface area contributed by atoms with E-state index in [4.69, 9.17) is 4.74 Å². The van der Waals surface area contributed by atoms with Crippen molar-refractivity contribution in [1.29, 1.82) is 0 Å². The summed E-state index contributed by atoms with van der Waals surface area (Å²) in [5.41, 5.74) is 0. The van der Waals surface area contributed by atoms with Crippen LogP contribution in [0.25, 0.3) is 0 Å². The molecule has 0 aromatic carbocycles. The number of halogens is 1. The lowest BCUT2D eigenvalue weighted by Crippen LogP contribution is -2.49. The minimum atomic E-state index is -0.267. The van der Waals surface area contributed by atoms with Gasteiger partial charge in [0.2, 0.25) is 0 Å². The molecule has 1 heterocycles. The summed E-state index contributed by atoms with van der Waals surface area (Å²) < 4.78 is 5.46. The molecular formula is C11H23ClN2O2. The molecule has 1 aliphatic rings. The standard InChI is InChI=1S/C11H22N2O2.ClH/c1-3-6-13(7-4-2)11(14)10-9-12-5-8-15-10;/h10,12H,3-9H2,1-2H3;1H. The molecule has 0 radical (unpaired) electrons. The van der Waals surface area contributed by atoms with E-state index in [-0.39, 0.29) is 24.4 Å². The predicted molar refractivity (Wildman–Crippen MR) is 67.0 cm³/mol. The monoisotopic (exact) mass is 250 g/mol. The minimum absolute atomic E-state index is 0. The largest absolute Gasteiger partial charge is 0.366 e. The number of nitrogens with one attached hydrogen (secondary N) is 1. The van der Waals surface area contributed by atoms with Crippen molar-refractivity contribution < 1.29 is 9.53 Å². The molecule has 1 N–H and O–H groups in total. The highest BCUT2D eigenvalue weighted by Gasteiger charge is 2.25. The first kappa shape index (κ1) is 15.7. The fraction of sp³-hybridized carbons (Fsp3) is 0.909. The number of rotatable bonds is 5. The van der Waals surface area contributed by atoms with E-state index in [0.29, 0.717) is 13.2 Å². The lowest BCUT2D eigenvalue weighted by atomic mass is 10.2. The summed E-state index contributed by atoms with van der Waals surface area (Å²) in [6.07, 6.45) is 1.74. The second-order valence-corrected chi connectivity index (χ2v) is 3.89. The van der Waals surface area contributed by atoms with Crippen LogP contribution in [0.3, 0.4) is 0 Å². The molecule has 1 unspecified atom stereocenters. The average Bonchev–Trinajstić information content (AvgIpc) is 2.29. The maximum absolute atomic E-state index is 12.0. The smallest absolute Gasteiger partial charge is 0.253 e. The van der Waals surface area contributed by atoms with Crippen molar-refractivity contribution in [3.63, 3.8) is 0 Å². The van der Waals surface area contributed by atoms with E-state index < -0.39 is 0 Å². The first-order valence-electron chi connectivity index (χ1n) is 5.90. The molecule has 1 rings (SSSR count). The van der Waals surface area contributed by atoms with Gasteiger partial charge in [0.15, 0.2) is 0 Å². The maximum atomic E-state index is 12.0. The molecule has 16 heavy (non-hydrogen) atoms. The molecule has 1 aliphatic heterocycles. The fourth-order valence-electron chi connectivity index (χ4n) is 1.80. The van der Waals surface area contributed by atoms with Gasteiger partial charge >= 0.3 is 0 Å². The van der Waals surface area contributed by atoms with Crippen LogP contribution in [-0.4, -0.2) is 49.7 Å². The van der Waals surface area contributed by atoms with Gasteiger partial charge in [0.1, 0.15) is 6.10 Å². The highest BCUT2D eigenvalue weighted by atomic mass is 35.5. The number of hydrogen-bond donors (Lipinski definition) is 1. The molecule has 0 aromatic rings. The second kappa shape index (κ2) is 8.79. The number of morpholine rings is 1. The molecule has 1 saturated heterocycles.